The number of hydrogen-bond donors (Lipinski definition) is 4. The minimum atomic E-state index is -1.44. The second-order valence-electron chi connectivity index (χ2n) is 8.90. The van der Waals surface area contributed by atoms with Crippen LogP contribution in [0.4, 0.5) is 22.0 Å². The zero-order valence-corrected chi connectivity index (χ0v) is 21.6. The van der Waals surface area contributed by atoms with Crippen LogP contribution in [0.2, 0.25) is 0 Å². The lowest BCUT2D eigenvalue weighted by atomic mass is 10.1. The van der Waals surface area contributed by atoms with Crippen LogP contribution in [-0.2, 0) is 0 Å². The van der Waals surface area contributed by atoms with Crippen molar-refractivity contribution >= 4 is 62.6 Å². The number of carboxylic acids is 1. The molecular formula is C24H23N7O7S. The average Bonchev–Trinajstić information content (AvgIpc) is 3.60. The number of likely N-dealkylation sites (N-methyl/N-ethyl adjacent to an activating group) is 1. The van der Waals surface area contributed by atoms with Crippen LogP contribution >= 0.6 is 11.3 Å². The molecule has 0 saturated carbocycles. The van der Waals surface area contributed by atoms with Crippen molar-refractivity contribution in [2.75, 3.05) is 48.8 Å². The summed E-state index contributed by atoms with van der Waals surface area (Å²) in [6, 6.07) is 6.26. The van der Waals surface area contributed by atoms with E-state index in [0.29, 0.717) is 10.4 Å². The summed E-state index contributed by atoms with van der Waals surface area (Å²) in [4.78, 5) is 53.8. The maximum atomic E-state index is 13.4. The molecule has 202 valence electrons. The summed E-state index contributed by atoms with van der Waals surface area (Å²) in [5.74, 6) is -2.27. The second-order valence-corrected chi connectivity index (χ2v) is 9.93. The summed E-state index contributed by atoms with van der Waals surface area (Å²) in [6.45, 7) is 4.81. The molecule has 0 aliphatic carbocycles. The number of benzene rings is 1. The molecule has 15 heteroatoms. The van der Waals surface area contributed by atoms with Crippen molar-refractivity contribution in [3.63, 3.8) is 0 Å². The molecule has 1 fully saturated rings. The highest BCUT2D eigenvalue weighted by Crippen LogP contribution is 2.33. The Morgan fingerprint density at radius 2 is 1.72 bits per heavy atom. The Morgan fingerprint density at radius 3 is 2.36 bits per heavy atom. The van der Waals surface area contributed by atoms with Crippen LogP contribution in [-0.4, -0.2) is 87.2 Å². The first-order valence-corrected chi connectivity index (χ1v) is 12.5. The predicted octanol–water partition coefficient (Wildman–Crippen LogP) is 2.87. The van der Waals surface area contributed by atoms with Crippen LogP contribution in [0.1, 0.15) is 36.1 Å². The van der Waals surface area contributed by atoms with Gasteiger partial charge in [0.05, 0.1) is 22.8 Å². The molecule has 0 spiro atoms. The maximum absolute atomic E-state index is 13.4. The van der Waals surface area contributed by atoms with Gasteiger partial charge in [-0.25, -0.2) is 9.59 Å². The van der Waals surface area contributed by atoms with Crippen LogP contribution in [0.5, 0.6) is 0 Å². The maximum Gasteiger partial charge on any atom is 0.433 e. The number of aryl methyl sites for hydroxylation is 1. The molecule has 1 aliphatic heterocycles. The summed E-state index contributed by atoms with van der Waals surface area (Å²) in [6.07, 6.45) is -0.159. The van der Waals surface area contributed by atoms with Crippen molar-refractivity contribution in [1.29, 1.82) is 0 Å². The molecule has 1 saturated heterocycles. The monoisotopic (exact) mass is 553 g/mol. The summed E-state index contributed by atoms with van der Waals surface area (Å²) in [5.41, 5.74) is 1.30. The first-order valence-electron chi connectivity index (χ1n) is 11.7. The third kappa shape index (κ3) is 5.04. The van der Waals surface area contributed by atoms with Crippen LogP contribution in [0.15, 0.2) is 35.0 Å². The molecule has 14 nitrogen and oxygen atoms in total. The molecule has 39 heavy (non-hydrogen) atoms. The number of carbonyl (C=O) groups excluding carboxylic acids is 2. The van der Waals surface area contributed by atoms with Gasteiger partial charge in [0.15, 0.2) is 5.82 Å². The van der Waals surface area contributed by atoms with Gasteiger partial charge in [0.2, 0.25) is 0 Å². The first-order chi connectivity index (χ1) is 18.6. The van der Waals surface area contributed by atoms with E-state index < -0.39 is 23.9 Å². The molecular weight excluding hydrogens is 530 g/mol. The molecule has 2 amide bonds. The fraction of sp³-hybridized carbons (Fsp3) is 0.250. The number of anilines is 3. The minimum absolute atomic E-state index is 0.0528. The third-order valence-corrected chi connectivity index (χ3v) is 7.44. The summed E-state index contributed by atoms with van der Waals surface area (Å²) >= 11 is 0.721. The van der Waals surface area contributed by atoms with Crippen LogP contribution in [0.3, 0.4) is 0 Å². The summed E-state index contributed by atoms with van der Waals surface area (Å²) < 4.78 is 5.60. The number of hydrogen-bond acceptors (Lipinski definition) is 10. The van der Waals surface area contributed by atoms with Crippen LogP contribution in [0.25, 0.3) is 10.2 Å². The fourth-order valence-corrected chi connectivity index (χ4v) is 5.15. The SMILES string of the molecule is Cc1oncc1C(=O)Nc1cc(N2CCN(C)CC2)ccc1C(=O)Nc1nn(C(=O)O)c2sc(C(=O)O)cc12. The number of fused-ring (bicyclic) bond motifs is 1. The Labute approximate surface area is 224 Å². The van der Waals surface area contributed by atoms with Crippen molar-refractivity contribution < 1.29 is 33.9 Å². The van der Waals surface area contributed by atoms with Crippen molar-refractivity contribution in [3.05, 3.63) is 52.2 Å². The van der Waals surface area contributed by atoms with Crippen LogP contribution in [0, 0.1) is 6.92 Å². The van der Waals surface area contributed by atoms with Crippen molar-refractivity contribution in [2.45, 2.75) is 6.92 Å². The highest BCUT2D eigenvalue weighted by Gasteiger charge is 2.25. The standard InChI is InChI=1S/C24H23N7O7S/c1-12-16(11-25-38-12)21(33)26-17-9-13(30-7-5-29(2)6-8-30)3-4-14(17)20(32)27-19-15-10-18(23(34)35)39-22(15)31(28-19)24(36)37/h3-4,9-11H,5-8H2,1-2H3,(H,26,33)(H,34,35)(H,36,37)(H,27,28,32). The molecule has 0 unspecified atom stereocenters. The van der Waals surface area contributed by atoms with E-state index in [1.807, 2.05) is 7.05 Å². The molecule has 5 rings (SSSR count). The number of carboxylic acid groups (broad SMARTS) is 2. The number of carbonyl (C=O) groups is 4. The third-order valence-electron chi connectivity index (χ3n) is 6.34. The van der Waals surface area contributed by atoms with Gasteiger partial charge in [-0.3, -0.25) is 9.59 Å². The zero-order valence-electron chi connectivity index (χ0n) is 20.8. The van der Waals surface area contributed by atoms with E-state index in [-0.39, 0.29) is 37.7 Å². The number of aromatic nitrogens is 3. The van der Waals surface area contributed by atoms with Gasteiger partial charge in [-0.15, -0.1) is 16.4 Å². The van der Waals surface area contributed by atoms with E-state index in [4.69, 9.17) is 4.52 Å². The Morgan fingerprint density at radius 1 is 1.00 bits per heavy atom. The summed E-state index contributed by atoms with van der Waals surface area (Å²) in [7, 11) is 2.03. The topological polar surface area (TPSA) is 183 Å². The lowest BCUT2D eigenvalue weighted by Gasteiger charge is -2.34. The minimum Gasteiger partial charge on any atom is -0.477 e. The number of nitrogens with one attached hydrogen (secondary N) is 2. The van der Waals surface area contributed by atoms with Gasteiger partial charge in [-0.05, 0) is 38.2 Å². The number of thiophene rings is 1. The first kappa shape index (κ1) is 25.9. The molecule has 1 aromatic carbocycles. The van der Waals surface area contributed by atoms with Gasteiger partial charge in [0.25, 0.3) is 11.8 Å². The zero-order chi connectivity index (χ0) is 27.8. The van der Waals surface area contributed by atoms with E-state index >= 15 is 0 Å². The smallest absolute Gasteiger partial charge is 0.433 e. The number of nitrogens with zero attached hydrogens (tertiary/aromatic N) is 5. The Balaban J connectivity index is 1.50. The number of rotatable bonds is 6. The van der Waals surface area contributed by atoms with Crippen molar-refractivity contribution in [1.82, 2.24) is 19.8 Å². The fourth-order valence-electron chi connectivity index (χ4n) is 4.21. The lowest BCUT2D eigenvalue weighted by Crippen LogP contribution is -2.44. The Hall–Kier alpha value is -4.76. The number of amides is 2. The Kier molecular flexibility index (Phi) is 6.76. The normalized spacial score (nSPS) is 13.9. The van der Waals surface area contributed by atoms with Crippen molar-refractivity contribution in [3.8, 4) is 0 Å². The van der Waals surface area contributed by atoms with E-state index in [1.165, 1.54) is 12.3 Å². The van der Waals surface area contributed by atoms with E-state index in [2.05, 4.69) is 30.7 Å². The molecule has 0 bridgehead atoms. The molecule has 4 N–H and O–H groups in total. The quantitative estimate of drug-likeness (QED) is 0.275. The second kappa shape index (κ2) is 10.2. The molecule has 0 radical (unpaired) electrons. The van der Waals surface area contributed by atoms with E-state index in [1.54, 1.807) is 25.1 Å². The summed E-state index contributed by atoms with van der Waals surface area (Å²) in [5, 5.41) is 31.9. The van der Waals surface area contributed by atoms with Gasteiger partial charge in [0, 0.05) is 31.9 Å². The van der Waals surface area contributed by atoms with Gasteiger partial charge >= 0.3 is 12.1 Å². The average molecular weight is 554 g/mol. The highest BCUT2D eigenvalue weighted by atomic mass is 32.1. The number of piperazine rings is 1. The molecule has 0 atom stereocenters. The van der Waals surface area contributed by atoms with Crippen molar-refractivity contribution in [2.24, 2.45) is 0 Å². The van der Waals surface area contributed by atoms with Gasteiger partial charge in [-0.1, -0.05) is 5.16 Å². The molecule has 4 aromatic rings. The predicted molar refractivity (Wildman–Crippen MR) is 141 cm³/mol. The highest BCUT2D eigenvalue weighted by molar-refractivity contribution is 7.20. The van der Waals surface area contributed by atoms with E-state index in [0.717, 1.165) is 43.2 Å². The van der Waals surface area contributed by atoms with Gasteiger partial charge in [0.1, 0.15) is 21.0 Å². The van der Waals surface area contributed by atoms with Gasteiger partial charge < -0.3 is 35.2 Å². The largest absolute Gasteiger partial charge is 0.477 e. The molecule has 3 aromatic heterocycles. The number of aromatic carboxylic acids is 1. The molecule has 4 heterocycles. The Bertz CT molecular complexity index is 1610. The van der Waals surface area contributed by atoms with E-state index in [9.17, 15) is 29.4 Å². The molecule has 1 aliphatic rings. The van der Waals surface area contributed by atoms with Crippen LogP contribution < -0.4 is 15.5 Å². The van der Waals surface area contributed by atoms with Gasteiger partial charge in [-0.2, -0.15) is 4.68 Å². The lowest BCUT2D eigenvalue weighted by molar-refractivity contribution is 0.0701.